The average molecular weight is 449 g/mol. The molecule has 0 fully saturated rings. The van der Waals surface area contributed by atoms with Crippen molar-refractivity contribution in [1.29, 1.82) is 0 Å². The molecule has 0 spiro atoms. The average Bonchev–Trinajstić information content (AvgIpc) is 2.96. The summed E-state index contributed by atoms with van der Waals surface area (Å²) < 4.78 is 5.73. The van der Waals surface area contributed by atoms with Gasteiger partial charge in [-0.1, -0.05) is 13.8 Å². The second-order valence-corrected chi connectivity index (χ2v) is 9.11. The minimum absolute atomic E-state index is 0.00154. The predicted octanol–water partition coefficient (Wildman–Crippen LogP) is -0.377. The van der Waals surface area contributed by atoms with Gasteiger partial charge >= 0.3 is 0 Å². The lowest BCUT2D eigenvalue weighted by Gasteiger charge is -2.30. The van der Waals surface area contributed by atoms with E-state index < -0.39 is 34.7 Å². The Morgan fingerprint density at radius 1 is 1.12 bits per heavy atom. The third kappa shape index (κ3) is 9.31. The molecule has 1 rings (SSSR count). The van der Waals surface area contributed by atoms with Crippen LogP contribution >= 0.6 is 0 Å². The molecule has 1 heterocycles. The van der Waals surface area contributed by atoms with Crippen molar-refractivity contribution in [2.45, 2.75) is 58.5 Å². The largest absolute Gasteiger partial charge is 0.378 e. The van der Waals surface area contributed by atoms with Crippen LogP contribution in [0.5, 0.6) is 0 Å². The molecule has 0 radical (unpaired) electrons. The number of imide groups is 1. The van der Waals surface area contributed by atoms with E-state index in [2.05, 4.69) is 16.6 Å². The number of carbonyl (C=O) groups excluding carboxylic acids is 5. The Morgan fingerprint density at radius 2 is 1.72 bits per heavy atom. The first kappa shape index (κ1) is 26.8. The molecular formula is C22H32N4O6. The molecule has 0 aromatic heterocycles. The van der Waals surface area contributed by atoms with Gasteiger partial charge in [-0.2, -0.15) is 0 Å². The number of nitrogens with two attached hydrogens (primary N) is 1. The second kappa shape index (κ2) is 11.4. The fourth-order valence-electron chi connectivity index (χ4n) is 2.99. The van der Waals surface area contributed by atoms with Gasteiger partial charge in [-0.3, -0.25) is 28.9 Å². The normalized spacial score (nSPS) is 14.8. The maximum absolute atomic E-state index is 12.2. The van der Waals surface area contributed by atoms with Crippen LogP contribution in [-0.2, 0) is 28.7 Å². The molecule has 0 aliphatic carbocycles. The standard InChI is InChI=1S/C22H32N4O6/c1-6-7-15(20(23)31)24-17(28)12-21(2,3)13-32-14-22(4,5)25-16(27)10-11-26-18(29)8-9-19(26)30/h1,8-9,15H,7,10-14H2,2-5H3,(H2,23,31)(H,24,28)(H,25,27). The third-order valence-electron chi connectivity index (χ3n) is 4.54. The van der Waals surface area contributed by atoms with E-state index in [-0.39, 0.29) is 50.8 Å². The number of ether oxygens (including phenoxy) is 1. The van der Waals surface area contributed by atoms with Crippen molar-refractivity contribution in [2.75, 3.05) is 19.8 Å². The summed E-state index contributed by atoms with van der Waals surface area (Å²) in [5.74, 6) is 0.0446. The quantitative estimate of drug-likeness (QED) is 0.258. The van der Waals surface area contributed by atoms with Gasteiger partial charge in [-0.15, -0.1) is 12.3 Å². The van der Waals surface area contributed by atoms with Crippen LogP contribution in [0, 0.1) is 17.8 Å². The van der Waals surface area contributed by atoms with E-state index in [1.807, 2.05) is 13.8 Å². The van der Waals surface area contributed by atoms with Crippen LogP contribution in [0.2, 0.25) is 0 Å². The van der Waals surface area contributed by atoms with Crippen LogP contribution in [0.15, 0.2) is 12.2 Å². The van der Waals surface area contributed by atoms with E-state index in [1.165, 1.54) is 12.2 Å². The Bertz CT molecular complexity index is 807. The highest BCUT2D eigenvalue weighted by molar-refractivity contribution is 6.13. The molecule has 1 atom stereocenters. The fourth-order valence-corrected chi connectivity index (χ4v) is 2.99. The molecule has 4 N–H and O–H groups in total. The molecule has 1 aliphatic heterocycles. The summed E-state index contributed by atoms with van der Waals surface area (Å²) in [4.78, 5) is 59.8. The first-order valence-corrected chi connectivity index (χ1v) is 10.2. The maximum Gasteiger partial charge on any atom is 0.253 e. The highest BCUT2D eigenvalue weighted by Crippen LogP contribution is 2.21. The summed E-state index contributed by atoms with van der Waals surface area (Å²) >= 11 is 0. The Hall–Kier alpha value is -3.19. The molecule has 176 valence electrons. The molecule has 32 heavy (non-hydrogen) atoms. The number of terminal acetylenes is 1. The highest BCUT2D eigenvalue weighted by Gasteiger charge is 2.28. The first-order chi connectivity index (χ1) is 14.8. The van der Waals surface area contributed by atoms with Gasteiger partial charge in [0.2, 0.25) is 17.7 Å². The molecule has 0 aromatic rings. The van der Waals surface area contributed by atoms with Crippen LogP contribution in [0.25, 0.3) is 0 Å². The molecular weight excluding hydrogens is 416 g/mol. The number of hydrogen-bond acceptors (Lipinski definition) is 6. The van der Waals surface area contributed by atoms with Gasteiger partial charge < -0.3 is 21.1 Å². The summed E-state index contributed by atoms with van der Waals surface area (Å²) in [6, 6.07) is -0.916. The Balaban J connectivity index is 2.42. The van der Waals surface area contributed by atoms with Crippen molar-refractivity contribution in [1.82, 2.24) is 15.5 Å². The zero-order chi connectivity index (χ0) is 24.5. The minimum Gasteiger partial charge on any atom is -0.378 e. The van der Waals surface area contributed by atoms with Crippen molar-refractivity contribution in [3.05, 3.63) is 12.2 Å². The Morgan fingerprint density at radius 3 is 2.25 bits per heavy atom. The van der Waals surface area contributed by atoms with Crippen LogP contribution in [-0.4, -0.2) is 65.8 Å². The van der Waals surface area contributed by atoms with Gasteiger partial charge in [0.15, 0.2) is 0 Å². The van der Waals surface area contributed by atoms with Crippen molar-refractivity contribution < 1.29 is 28.7 Å². The highest BCUT2D eigenvalue weighted by atomic mass is 16.5. The van der Waals surface area contributed by atoms with Crippen LogP contribution in [0.3, 0.4) is 0 Å². The van der Waals surface area contributed by atoms with Crippen molar-refractivity contribution >= 4 is 29.5 Å². The molecule has 1 aliphatic rings. The summed E-state index contributed by atoms with van der Waals surface area (Å²) in [7, 11) is 0. The van der Waals surface area contributed by atoms with Gasteiger partial charge in [0, 0.05) is 38.0 Å². The maximum atomic E-state index is 12.2. The third-order valence-corrected chi connectivity index (χ3v) is 4.54. The van der Waals surface area contributed by atoms with Gasteiger partial charge in [-0.05, 0) is 19.3 Å². The van der Waals surface area contributed by atoms with Gasteiger partial charge in [0.1, 0.15) is 6.04 Å². The van der Waals surface area contributed by atoms with E-state index in [9.17, 15) is 24.0 Å². The predicted molar refractivity (Wildman–Crippen MR) is 116 cm³/mol. The summed E-state index contributed by atoms with van der Waals surface area (Å²) in [5, 5.41) is 5.33. The molecule has 5 amide bonds. The lowest BCUT2D eigenvalue weighted by atomic mass is 9.89. The number of carbonyl (C=O) groups is 5. The van der Waals surface area contributed by atoms with Crippen LogP contribution < -0.4 is 16.4 Å². The van der Waals surface area contributed by atoms with Crippen LogP contribution in [0.4, 0.5) is 0 Å². The Kier molecular flexibility index (Phi) is 9.59. The fraction of sp³-hybridized carbons (Fsp3) is 0.591. The van der Waals surface area contributed by atoms with Gasteiger partial charge in [0.25, 0.3) is 11.8 Å². The lowest BCUT2D eigenvalue weighted by molar-refractivity contribution is -0.137. The van der Waals surface area contributed by atoms with Crippen molar-refractivity contribution in [3.63, 3.8) is 0 Å². The molecule has 0 bridgehead atoms. The topological polar surface area (TPSA) is 148 Å². The molecule has 0 aromatic carbocycles. The smallest absolute Gasteiger partial charge is 0.253 e. The number of nitrogens with zero attached hydrogens (tertiary/aromatic N) is 1. The molecule has 10 heteroatoms. The van der Waals surface area contributed by atoms with Crippen LogP contribution in [0.1, 0.15) is 47.0 Å². The van der Waals surface area contributed by atoms with Gasteiger partial charge in [-0.25, -0.2) is 0 Å². The van der Waals surface area contributed by atoms with E-state index in [4.69, 9.17) is 16.9 Å². The molecule has 0 saturated heterocycles. The zero-order valence-corrected chi connectivity index (χ0v) is 19.0. The summed E-state index contributed by atoms with van der Waals surface area (Å²) in [5.41, 5.74) is 3.96. The zero-order valence-electron chi connectivity index (χ0n) is 19.0. The number of nitrogens with one attached hydrogen (secondary N) is 2. The number of rotatable bonds is 13. The van der Waals surface area contributed by atoms with E-state index in [0.717, 1.165) is 4.90 Å². The number of hydrogen-bond donors (Lipinski definition) is 3. The second-order valence-electron chi connectivity index (χ2n) is 9.11. The minimum atomic E-state index is -0.916. The SMILES string of the molecule is C#CCC(NC(=O)CC(C)(C)COCC(C)(C)NC(=O)CCN1C(=O)C=CC1=O)C(N)=O. The van der Waals surface area contributed by atoms with E-state index in [1.54, 1.807) is 13.8 Å². The van der Waals surface area contributed by atoms with E-state index in [0.29, 0.717) is 0 Å². The molecule has 0 saturated carbocycles. The van der Waals surface area contributed by atoms with E-state index >= 15 is 0 Å². The first-order valence-electron chi connectivity index (χ1n) is 10.2. The monoisotopic (exact) mass is 448 g/mol. The number of primary amides is 1. The van der Waals surface area contributed by atoms with Gasteiger partial charge in [0.05, 0.1) is 18.8 Å². The molecule has 10 nitrogen and oxygen atoms in total. The Labute approximate surface area is 188 Å². The summed E-state index contributed by atoms with van der Waals surface area (Å²) in [6.07, 6.45) is 7.60. The van der Waals surface area contributed by atoms with Crippen molar-refractivity contribution in [3.8, 4) is 12.3 Å². The van der Waals surface area contributed by atoms with Crippen molar-refractivity contribution in [2.24, 2.45) is 11.1 Å². The molecule has 1 unspecified atom stereocenters. The summed E-state index contributed by atoms with van der Waals surface area (Å²) in [6.45, 7) is 7.60. The number of amides is 5. The lowest BCUT2D eigenvalue weighted by Crippen LogP contribution is -2.48.